The Bertz CT molecular complexity index is 1350. The van der Waals surface area contributed by atoms with Gasteiger partial charge in [0.2, 0.25) is 5.88 Å². The Morgan fingerprint density at radius 2 is 1.94 bits per heavy atom. The summed E-state index contributed by atoms with van der Waals surface area (Å²) in [5.41, 5.74) is 3.02. The van der Waals surface area contributed by atoms with Crippen LogP contribution in [0.25, 0.3) is 16.7 Å². The molecule has 3 aromatic heterocycles. The molecule has 0 unspecified atom stereocenters. The molecule has 10 nitrogen and oxygen atoms in total. The summed E-state index contributed by atoms with van der Waals surface area (Å²) in [6.45, 7) is 7.45. The molecule has 170 valence electrons. The van der Waals surface area contributed by atoms with Gasteiger partial charge < -0.3 is 15.4 Å². The van der Waals surface area contributed by atoms with Crippen LogP contribution in [0.3, 0.4) is 0 Å². The number of ether oxygens (including phenoxy) is 1. The number of nitrogens with one attached hydrogen (secondary N) is 3. The first-order chi connectivity index (χ1) is 15.8. The van der Waals surface area contributed by atoms with Gasteiger partial charge in [-0.1, -0.05) is 6.07 Å². The highest BCUT2D eigenvalue weighted by Crippen LogP contribution is 2.30. The number of fused-ring (bicyclic) bond motifs is 1. The van der Waals surface area contributed by atoms with Crippen LogP contribution in [-0.2, 0) is 0 Å². The molecule has 0 aliphatic heterocycles. The first-order valence-electron chi connectivity index (χ1n) is 10.4. The number of aromatic nitrogens is 5. The van der Waals surface area contributed by atoms with Gasteiger partial charge in [-0.05, 0) is 51.0 Å². The van der Waals surface area contributed by atoms with E-state index in [9.17, 15) is 9.59 Å². The third kappa shape index (κ3) is 4.14. The summed E-state index contributed by atoms with van der Waals surface area (Å²) in [6.07, 6.45) is 3.27. The van der Waals surface area contributed by atoms with E-state index in [4.69, 9.17) is 4.74 Å². The van der Waals surface area contributed by atoms with Crippen LogP contribution in [0.5, 0.6) is 5.88 Å². The number of anilines is 1. The fourth-order valence-corrected chi connectivity index (χ4v) is 3.61. The second-order valence-corrected chi connectivity index (χ2v) is 7.99. The van der Waals surface area contributed by atoms with Crippen molar-refractivity contribution in [3.05, 3.63) is 59.0 Å². The fraction of sp³-hybridized carbons (Fsp3) is 0.261. The number of amides is 2. The van der Waals surface area contributed by atoms with Crippen LogP contribution in [0.15, 0.2) is 36.7 Å². The zero-order valence-electron chi connectivity index (χ0n) is 19.1. The van der Waals surface area contributed by atoms with Gasteiger partial charge in [-0.2, -0.15) is 5.10 Å². The number of hydrogen-bond donors (Lipinski definition) is 3. The van der Waals surface area contributed by atoms with E-state index in [-0.39, 0.29) is 23.5 Å². The predicted molar refractivity (Wildman–Crippen MR) is 124 cm³/mol. The third-order valence-electron chi connectivity index (χ3n) is 5.13. The van der Waals surface area contributed by atoms with E-state index in [0.717, 1.165) is 16.5 Å². The molecule has 0 bridgehead atoms. The zero-order chi connectivity index (χ0) is 23.7. The van der Waals surface area contributed by atoms with Crippen molar-refractivity contribution in [2.24, 2.45) is 0 Å². The number of carbonyl (C=O) groups is 2. The zero-order valence-corrected chi connectivity index (χ0v) is 19.1. The molecule has 0 radical (unpaired) electrons. The monoisotopic (exact) mass is 447 g/mol. The number of aryl methyl sites for hydroxylation is 2. The molecular weight excluding hydrogens is 422 g/mol. The highest BCUT2D eigenvalue weighted by molar-refractivity contribution is 6.15. The second-order valence-electron chi connectivity index (χ2n) is 7.99. The second kappa shape index (κ2) is 8.73. The molecule has 2 amide bonds. The number of benzene rings is 1. The van der Waals surface area contributed by atoms with Crippen molar-refractivity contribution in [2.45, 2.75) is 33.7 Å². The van der Waals surface area contributed by atoms with Gasteiger partial charge in [0.05, 0.1) is 30.1 Å². The van der Waals surface area contributed by atoms with Crippen molar-refractivity contribution in [1.82, 2.24) is 30.3 Å². The van der Waals surface area contributed by atoms with Gasteiger partial charge in [0, 0.05) is 23.7 Å². The Morgan fingerprint density at radius 1 is 1.15 bits per heavy atom. The molecule has 10 heteroatoms. The molecule has 0 spiro atoms. The molecule has 0 saturated carbocycles. The number of aromatic amines is 1. The van der Waals surface area contributed by atoms with E-state index in [1.807, 2.05) is 45.9 Å². The molecular formula is C23H25N7O3. The van der Waals surface area contributed by atoms with Crippen molar-refractivity contribution in [2.75, 3.05) is 12.4 Å². The summed E-state index contributed by atoms with van der Waals surface area (Å²) in [5, 5.41) is 17.9. The van der Waals surface area contributed by atoms with Crippen LogP contribution in [0, 0.1) is 13.8 Å². The number of H-pyrrole nitrogens is 1. The minimum Gasteiger partial charge on any atom is -0.480 e. The molecule has 4 aromatic rings. The Labute approximate surface area is 190 Å². The van der Waals surface area contributed by atoms with Crippen molar-refractivity contribution in [3.63, 3.8) is 0 Å². The first-order valence-corrected chi connectivity index (χ1v) is 10.4. The van der Waals surface area contributed by atoms with Crippen LogP contribution >= 0.6 is 0 Å². The van der Waals surface area contributed by atoms with Crippen LogP contribution in [-0.4, -0.2) is 49.9 Å². The molecule has 0 fully saturated rings. The Balaban J connectivity index is 1.81. The minimum atomic E-state index is -0.462. The van der Waals surface area contributed by atoms with Crippen molar-refractivity contribution in [3.8, 4) is 11.7 Å². The molecule has 0 atom stereocenters. The lowest BCUT2D eigenvalue weighted by Crippen LogP contribution is -2.31. The number of carbonyl (C=O) groups excluding carboxylic acids is 2. The topological polar surface area (TPSA) is 127 Å². The summed E-state index contributed by atoms with van der Waals surface area (Å²) in [5.74, 6) is -0.00508. The number of methoxy groups -OCH3 is 1. The standard InChI is InChI=1S/C23H25N7O3/c1-12(2)26-23(32)18-19(14(4)9-15-11-25-28-20(15)18)27-22(31)16-10-17(33-5)29-30(16)21-13(3)7-6-8-24-21/h6-12H,1-5H3,(H,25,28)(H,26,32)(H,27,31). The number of nitrogens with zero attached hydrogens (tertiary/aromatic N) is 4. The summed E-state index contributed by atoms with van der Waals surface area (Å²) >= 11 is 0. The van der Waals surface area contributed by atoms with Gasteiger partial charge >= 0.3 is 0 Å². The molecule has 1 aromatic carbocycles. The molecule has 33 heavy (non-hydrogen) atoms. The van der Waals surface area contributed by atoms with E-state index < -0.39 is 5.91 Å². The smallest absolute Gasteiger partial charge is 0.274 e. The molecule has 4 rings (SSSR count). The largest absolute Gasteiger partial charge is 0.480 e. The maximum absolute atomic E-state index is 13.5. The lowest BCUT2D eigenvalue weighted by molar-refractivity contribution is 0.0945. The lowest BCUT2D eigenvalue weighted by Gasteiger charge is -2.17. The SMILES string of the molecule is COc1cc(C(=O)Nc2c(C)cc3cn[nH]c3c2C(=O)NC(C)C)n(-c2ncccc2C)n1. The van der Waals surface area contributed by atoms with Crippen LogP contribution in [0.2, 0.25) is 0 Å². The third-order valence-corrected chi connectivity index (χ3v) is 5.13. The maximum Gasteiger partial charge on any atom is 0.274 e. The van der Waals surface area contributed by atoms with E-state index in [1.54, 1.807) is 12.4 Å². The normalized spacial score (nSPS) is 11.1. The van der Waals surface area contributed by atoms with E-state index in [0.29, 0.717) is 22.6 Å². The van der Waals surface area contributed by atoms with E-state index in [1.165, 1.54) is 17.9 Å². The molecule has 3 heterocycles. The van der Waals surface area contributed by atoms with Gasteiger partial charge in [-0.25, -0.2) is 9.67 Å². The van der Waals surface area contributed by atoms with Gasteiger partial charge in [-0.3, -0.25) is 14.7 Å². The highest BCUT2D eigenvalue weighted by Gasteiger charge is 2.25. The lowest BCUT2D eigenvalue weighted by atomic mass is 10.0. The van der Waals surface area contributed by atoms with Crippen LogP contribution < -0.4 is 15.4 Å². The Kier molecular flexibility index (Phi) is 5.82. The van der Waals surface area contributed by atoms with Gasteiger partial charge in [0.1, 0.15) is 5.69 Å². The number of rotatable bonds is 6. The summed E-state index contributed by atoms with van der Waals surface area (Å²) in [6, 6.07) is 6.99. The maximum atomic E-state index is 13.5. The van der Waals surface area contributed by atoms with Crippen molar-refractivity contribution >= 4 is 28.4 Å². The van der Waals surface area contributed by atoms with Gasteiger partial charge in [0.15, 0.2) is 5.82 Å². The number of pyridine rings is 1. The predicted octanol–water partition coefficient (Wildman–Crippen LogP) is 3.16. The number of hydrogen-bond acceptors (Lipinski definition) is 6. The summed E-state index contributed by atoms with van der Waals surface area (Å²) < 4.78 is 6.69. The van der Waals surface area contributed by atoms with Gasteiger partial charge in [0.25, 0.3) is 11.8 Å². The fourth-order valence-electron chi connectivity index (χ4n) is 3.61. The van der Waals surface area contributed by atoms with Gasteiger partial charge in [-0.15, -0.1) is 5.10 Å². The van der Waals surface area contributed by atoms with Crippen LogP contribution in [0.4, 0.5) is 5.69 Å². The van der Waals surface area contributed by atoms with E-state index >= 15 is 0 Å². The van der Waals surface area contributed by atoms with Crippen molar-refractivity contribution < 1.29 is 14.3 Å². The van der Waals surface area contributed by atoms with Crippen LogP contribution in [0.1, 0.15) is 45.8 Å². The highest BCUT2D eigenvalue weighted by atomic mass is 16.5. The summed E-state index contributed by atoms with van der Waals surface area (Å²) in [4.78, 5) is 30.9. The minimum absolute atomic E-state index is 0.0858. The molecule has 0 aliphatic rings. The van der Waals surface area contributed by atoms with Crippen molar-refractivity contribution in [1.29, 1.82) is 0 Å². The summed E-state index contributed by atoms with van der Waals surface area (Å²) in [7, 11) is 1.48. The molecule has 3 N–H and O–H groups in total. The molecule has 0 saturated heterocycles. The quantitative estimate of drug-likeness (QED) is 0.417. The van der Waals surface area contributed by atoms with E-state index in [2.05, 4.69) is 30.9 Å². The molecule has 0 aliphatic carbocycles. The average molecular weight is 447 g/mol. The Morgan fingerprint density at radius 3 is 2.64 bits per heavy atom. The average Bonchev–Trinajstić information content (AvgIpc) is 3.40. The first kappa shape index (κ1) is 22.0. The Hall–Kier alpha value is -4.21.